The van der Waals surface area contributed by atoms with E-state index in [4.69, 9.17) is 29.0 Å². The number of nitrogens with two attached hydrogens (primary N) is 1. The van der Waals surface area contributed by atoms with E-state index in [1.165, 1.54) is 83.1 Å². The van der Waals surface area contributed by atoms with Crippen LogP contribution in [0.2, 0.25) is 0 Å². The largest absolute Gasteiger partial charge is 0.494 e. The molecular weight excluding hydrogens is 860 g/mol. The molecule has 0 aromatic heterocycles. The van der Waals surface area contributed by atoms with E-state index in [0.717, 1.165) is 77.0 Å². The summed E-state index contributed by atoms with van der Waals surface area (Å²) in [5.41, 5.74) is 6.46. The van der Waals surface area contributed by atoms with Crippen molar-refractivity contribution in [3.05, 3.63) is 48.1 Å². The molecule has 0 saturated carbocycles. The quantitative estimate of drug-likeness (QED) is 0.0140. The molecule has 4 N–H and O–H groups in total. The maximum atomic E-state index is 12.8. The van der Waals surface area contributed by atoms with Crippen molar-refractivity contribution in [1.29, 1.82) is 0 Å². The first-order chi connectivity index (χ1) is 32.1. The number of nitrogen functional groups attached to an aromatic ring is 1. The van der Waals surface area contributed by atoms with Crippen LogP contribution in [0.1, 0.15) is 217 Å². The summed E-state index contributed by atoms with van der Waals surface area (Å²) in [6, 6.07) is 4.71. The Morgan fingerprint density at radius 1 is 0.636 bits per heavy atom. The second-order valence-corrected chi connectivity index (χ2v) is 18.7. The summed E-state index contributed by atoms with van der Waals surface area (Å²) in [6.07, 6.45) is 39.4. The molecule has 13 nitrogen and oxygen atoms in total. The van der Waals surface area contributed by atoms with E-state index < -0.39 is 32.5 Å². The Hall–Kier alpha value is -3.51. The molecule has 0 aliphatic heterocycles. The molecule has 1 amide bonds. The topological polar surface area (TPSA) is 190 Å². The van der Waals surface area contributed by atoms with Gasteiger partial charge in [-0.2, -0.15) is 0 Å². The maximum absolute atomic E-state index is 12.8. The van der Waals surface area contributed by atoms with Crippen LogP contribution in [0.3, 0.4) is 0 Å². The number of allylic oxidation sites excluding steroid dienone is 4. The third-order valence-electron chi connectivity index (χ3n) is 11.1. The van der Waals surface area contributed by atoms with Gasteiger partial charge in [0, 0.05) is 43.1 Å². The van der Waals surface area contributed by atoms with Crippen molar-refractivity contribution >= 4 is 37.6 Å². The second kappa shape index (κ2) is 42.8. The van der Waals surface area contributed by atoms with Gasteiger partial charge in [-0.05, 0) is 82.8 Å². The van der Waals surface area contributed by atoms with Gasteiger partial charge >= 0.3 is 19.8 Å². The van der Waals surface area contributed by atoms with Gasteiger partial charge < -0.3 is 30.2 Å². The van der Waals surface area contributed by atoms with Gasteiger partial charge in [0.25, 0.3) is 0 Å². The Morgan fingerprint density at radius 3 is 1.65 bits per heavy atom. The van der Waals surface area contributed by atoms with Crippen molar-refractivity contribution in [2.45, 2.75) is 213 Å². The third kappa shape index (κ3) is 37.6. The smallest absolute Gasteiger partial charge is 0.472 e. The lowest BCUT2D eigenvalue weighted by atomic mass is 10.1. The number of esters is 2. The number of carbonyl (C=O) groups excluding carboxylic acids is 4. The van der Waals surface area contributed by atoms with Crippen molar-refractivity contribution in [2.24, 2.45) is 0 Å². The molecule has 0 fully saturated rings. The highest BCUT2D eigenvalue weighted by Crippen LogP contribution is 2.43. The highest BCUT2D eigenvalue weighted by Gasteiger charge is 2.26. The molecule has 0 heterocycles. The lowest BCUT2D eigenvalue weighted by Gasteiger charge is -2.20. The van der Waals surface area contributed by atoms with E-state index >= 15 is 0 Å². The minimum Gasteiger partial charge on any atom is -0.494 e. The number of ether oxygens (including phenoxy) is 3. The zero-order chi connectivity index (χ0) is 48.2. The molecule has 0 spiro atoms. The van der Waals surface area contributed by atoms with Crippen LogP contribution in [0.4, 0.5) is 5.69 Å². The zero-order valence-electron chi connectivity index (χ0n) is 41.0. The van der Waals surface area contributed by atoms with E-state index in [0.29, 0.717) is 42.5 Å². The number of hydrogen-bond donors (Lipinski definition) is 3. The van der Waals surface area contributed by atoms with E-state index in [2.05, 4.69) is 43.5 Å². The van der Waals surface area contributed by atoms with Gasteiger partial charge in [-0.15, -0.1) is 0 Å². The van der Waals surface area contributed by atoms with Crippen LogP contribution in [-0.4, -0.2) is 68.1 Å². The van der Waals surface area contributed by atoms with Crippen molar-refractivity contribution in [2.75, 3.05) is 38.7 Å². The number of phosphoric ester groups is 1. The lowest BCUT2D eigenvalue weighted by Crippen LogP contribution is -2.30. The number of amides is 1. The Kier molecular flexibility index (Phi) is 39.3. The fraction of sp³-hybridized carbons (Fsp3) is 0.731. The van der Waals surface area contributed by atoms with E-state index in [1.54, 1.807) is 12.1 Å². The van der Waals surface area contributed by atoms with Gasteiger partial charge in [0.15, 0.2) is 12.4 Å². The standard InChI is InChI=1S/C52H89N2O11P/c1-3-5-7-9-11-13-15-17-19-21-23-25-27-29-31-35-51(57)62-44-48(65-52(58)36-32-30-28-26-24-22-20-18-16-14-12-10-8-6-4-2)45-64-66(59,60)63-41-39-54-50(56)34-33-40-61-47-38-37-46(43-55)49(53)42-47/h17-20,37-38,42-43,48H,3-16,21-36,39-41,44-45,53H2,1-2H3,(H,54,56)(H,59,60)/b19-17-,20-18-/t48-/m1/s1. The predicted molar refractivity (Wildman–Crippen MR) is 265 cm³/mol. The molecule has 0 saturated heterocycles. The summed E-state index contributed by atoms with van der Waals surface area (Å²) in [6.45, 7) is 3.50. The number of phosphoric acid groups is 1. The molecular formula is C52H89N2O11P. The number of benzene rings is 1. The molecule has 66 heavy (non-hydrogen) atoms. The maximum Gasteiger partial charge on any atom is 0.472 e. The number of rotatable bonds is 46. The Balaban J connectivity index is 2.42. The minimum atomic E-state index is -4.61. The highest BCUT2D eigenvalue weighted by molar-refractivity contribution is 7.47. The SMILES string of the molecule is CCCCCCCC/C=C\CCCCCCCC(=O)OC[C@H](COP(=O)(O)OCCNC(=O)CCCOc1ccc(C=O)c(N)c1)OC(=O)CCCCCCC/C=C\CCCCCCCC. The first-order valence-electron chi connectivity index (χ1n) is 25.6. The third-order valence-corrected chi connectivity index (χ3v) is 12.1. The Morgan fingerprint density at radius 2 is 1.14 bits per heavy atom. The van der Waals surface area contributed by atoms with Gasteiger partial charge in [-0.25, -0.2) is 4.57 Å². The summed E-state index contributed by atoms with van der Waals surface area (Å²) in [5.74, 6) is -0.771. The summed E-state index contributed by atoms with van der Waals surface area (Å²) in [4.78, 5) is 58.9. The molecule has 0 radical (unpaired) electrons. The fourth-order valence-electron chi connectivity index (χ4n) is 7.13. The number of unbranched alkanes of at least 4 members (excludes halogenated alkanes) is 22. The molecule has 1 aromatic carbocycles. The van der Waals surface area contributed by atoms with Crippen molar-refractivity contribution in [1.82, 2.24) is 5.32 Å². The number of carbonyl (C=O) groups is 4. The first-order valence-corrected chi connectivity index (χ1v) is 27.1. The normalized spacial score (nSPS) is 12.9. The molecule has 0 bridgehead atoms. The second-order valence-electron chi connectivity index (χ2n) is 17.3. The van der Waals surface area contributed by atoms with Crippen LogP contribution in [0, 0.1) is 0 Å². The predicted octanol–water partition coefficient (Wildman–Crippen LogP) is 13.0. The average molecular weight is 949 g/mol. The molecule has 378 valence electrons. The van der Waals surface area contributed by atoms with Crippen LogP contribution in [0.5, 0.6) is 5.75 Å². The van der Waals surface area contributed by atoms with Gasteiger partial charge in [-0.1, -0.05) is 141 Å². The molecule has 1 aromatic rings. The molecule has 2 atom stereocenters. The van der Waals surface area contributed by atoms with Crippen LogP contribution >= 0.6 is 7.82 Å². The average Bonchev–Trinajstić information content (AvgIpc) is 3.30. The van der Waals surface area contributed by atoms with Crippen molar-refractivity contribution < 1.29 is 51.9 Å². The summed E-state index contributed by atoms with van der Waals surface area (Å²) in [5, 5.41) is 2.61. The van der Waals surface area contributed by atoms with Crippen LogP contribution in [0.25, 0.3) is 0 Å². The Labute approximate surface area is 398 Å². The summed E-state index contributed by atoms with van der Waals surface area (Å²) < 4.78 is 39.4. The van der Waals surface area contributed by atoms with Crippen molar-refractivity contribution in [3.63, 3.8) is 0 Å². The first kappa shape index (κ1) is 60.5. The highest BCUT2D eigenvalue weighted by atomic mass is 31.2. The number of anilines is 1. The van der Waals surface area contributed by atoms with E-state index in [-0.39, 0.29) is 51.5 Å². The van der Waals surface area contributed by atoms with Crippen LogP contribution < -0.4 is 15.8 Å². The fourth-order valence-corrected chi connectivity index (χ4v) is 7.88. The van der Waals surface area contributed by atoms with Crippen LogP contribution in [-0.2, 0) is 37.5 Å². The molecule has 1 rings (SSSR count). The molecule has 14 heteroatoms. The van der Waals surface area contributed by atoms with Crippen LogP contribution in [0.15, 0.2) is 42.5 Å². The van der Waals surface area contributed by atoms with Gasteiger partial charge in [0.1, 0.15) is 12.4 Å². The molecule has 0 aliphatic carbocycles. The summed E-state index contributed by atoms with van der Waals surface area (Å²) >= 11 is 0. The van der Waals surface area contributed by atoms with Gasteiger partial charge in [0.2, 0.25) is 5.91 Å². The Bertz CT molecular complexity index is 1500. The minimum absolute atomic E-state index is 0.0559. The monoisotopic (exact) mass is 949 g/mol. The van der Waals surface area contributed by atoms with E-state index in [9.17, 15) is 28.6 Å². The molecule has 0 aliphatic rings. The van der Waals surface area contributed by atoms with Gasteiger partial charge in [0.05, 0.1) is 19.8 Å². The number of nitrogens with one attached hydrogen (secondary N) is 1. The zero-order valence-corrected chi connectivity index (χ0v) is 41.9. The number of aldehydes is 1. The lowest BCUT2D eigenvalue weighted by molar-refractivity contribution is -0.161. The van der Waals surface area contributed by atoms with Crippen molar-refractivity contribution in [3.8, 4) is 5.75 Å². The van der Waals surface area contributed by atoms with Gasteiger partial charge in [-0.3, -0.25) is 28.2 Å². The number of hydrogen-bond acceptors (Lipinski definition) is 11. The molecule has 1 unspecified atom stereocenters. The van der Waals surface area contributed by atoms with E-state index in [1.807, 2.05) is 0 Å². The summed E-state index contributed by atoms with van der Waals surface area (Å²) in [7, 11) is -4.61.